The smallest absolute Gasteiger partial charge is 0.231 e. The Morgan fingerprint density at radius 1 is 0.800 bits per heavy atom. The van der Waals surface area contributed by atoms with E-state index in [9.17, 15) is 4.79 Å². The number of anilines is 1. The molecule has 2 aromatic heterocycles. The van der Waals surface area contributed by atoms with E-state index < -0.39 is 0 Å². The Bertz CT molecular complexity index is 1150. The third-order valence-corrected chi connectivity index (χ3v) is 5.18. The molecule has 1 atom stereocenters. The maximum Gasteiger partial charge on any atom is 0.231 e. The highest BCUT2D eigenvalue weighted by Crippen LogP contribution is 2.26. The van der Waals surface area contributed by atoms with E-state index >= 15 is 0 Å². The average Bonchev–Trinajstić information content (AvgIpc) is 2.80. The molecule has 4 rings (SSSR count). The van der Waals surface area contributed by atoms with Gasteiger partial charge in [0, 0.05) is 30.0 Å². The van der Waals surface area contributed by atoms with E-state index in [0.29, 0.717) is 0 Å². The van der Waals surface area contributed by atoms with Gasteiger partial charge in [0.2, 0.25) is 5.91 Å². The third-order valence-electron chi connectivity index (χ3n) is 5.18. The molecule has 1 amide bonds. The van der Waals surface area contributed by atoms with Crippen molar-refractivity contribution in [1.82, 2.24) is 9.97 Å². The van der Waals surface area contributed by atoms with Gasteiger partial charge >= 0.3 is 0 Å². The molecular formula is C26H23N3O. The summed E-state index contributed by atoms with van der Waals surface area (Å²) in [5, 5.41) is 3.03. The van der Waals surface area contributed by atoms with Gasteiger partial charge in [0.05, 0.1) is 5.92 Å². The molecule has 0 aliphatic heterocycles. The number of rotatable bonds is 5. The lowest BCUT2D eigenvalue weighted by atomic mass is 9.96. The van der Waals surface area contributed by atoms with Gasteiger partial charge < -0.3 is 5.32 Å². The van der Waals surface area contributed by atoms with Crippen molar-refractivity contribution < 1.29 is 4.79 Å². The van der Waals surface area contributed by atoms with Crippen LogP contribution in [0, 0.1) is 6.92 Å². The second kappa shape index (κ2) is 8.70. The van der Waals surface area contributed by atoms with E-state index in [0.717, 1.165) is 39.2 Å². The van der Waals surface area contributed by atoms with Crippen LogP contribution < -0.4 is 5.32 Å². The van der Waals surface area contributed by atoms with Gasteiger partial charge in [-0.25, -0.2) is 0 Å². The molecule has 2 heterocycles. The van der Waals surface area contributed by atoms with Crippen LogP contribution in [-0.4, -0.2) is 15.9 Å². The fourth-order valence-corrected chi connectivity index (χ4v) is 3.40. The summed E-state index contributed by atoms with van der Waals surface area (Å²) < 4.78 is 0. The van der Waals surface area contributed by atoms with Gasteiger partial charge in [-0.1, -0.05) is 36.4 Å². The number of benzene rings is 2. The second-order valence-corrected chi connectivity index (χ2v) is 7.34. The molecule has 1 N–H and O–H groups in total. The Kier molecular flexibility index (Phi) is 5.66. The quantitative estimate of drug-likeness (QED) is 0.462. The third kappa shape index (κ3) is 4.44. The largest absolute Gasteiger partial charge is 0.326 e. The van der Waals surface area contributed by atoms with Crippen molar-refractivity contribution in [3.63, 3.8) is 0 Å². The summed E-state index contributed by atoms with van der Waals surface area (Å²) in [6.07, 6.45) is 5.35. The van der Waals surface area contributed by atoms with E-state index in [2.05, 4.69) is 21.4 Å². The zero-order valence-corrected chi connectivity index (χ0v) is 17.0. The Morgan fingerprint density at radius 3 is 2.20 bits per heavy atom. The minimum absolute atomic E-state index is 0.0330. The van der Waals surface area contributed by atoms with E-state index in [1.807, 2.05) is 86.8 Å². The number of nitrogens with zero attached hydrogens (tertiary/aromatic N) is 2. The van der Waals surface area contributed by atoms with Gasteiger partial charge in [0.25, 0.3) is 0 Å². The maximum atomic E-state index is 12.8. The highest BCUT2D eigenvalue weighted by molar-refractivity contribution is 5.96. The summed E-state index contributed by atoms with van der Waals surface area (Å²) in [5.41, 5.74) is 7.11. The predicted molar refractivity (Wildman–Crippen MR) is 121 cm³/mol. The van der Waals surface area contributed by atoms with Gasteiger partial charge in [-0.3, -0.25) is 14.8 Å². The standard InChI is InChI=1S/C26H23N3O/c1-18-16-24(12-15-28-18)20-6-8-25(9-7-20)29-26(30)19(2)22-4-3-5-23(17-22)21-10-13-27-14-11-21/h3-17,19H,1-2H3,(H,29,30). The lowest BCUT2D eigenvalue weighted by molar-refractivity contribution is -0.117. The maximum absolute atomic E-state index is 12.8. The van der Waals surface area contributed by atoms with Crippen LogP contribution in [0.4, 0.5) is 5.69 Å². The van der Waals surface area contributed by atoms with E-state index in [-0.39, 0.29) is 11.8 Å². The Balaban J connectivity index is 1.47. The van der Waals surface area contributed by atoms with Crippen molar-refractivity contribution in [2.45, 2.75) is 19.8 Å². The molecule has 0 spiro atoms. The van der Waals surface area contributed by atoms with Crippen LogP contribution >= 0.6 is 0 Å². The summed E-state index contributed by atoms with van der Waals surface area (Å²) in [5.74, 6) is -0.302. The summed E-state index contributed by atoms with van der Waals surface area (Å²) in [6.45, 7) is 3.90. The molecule has 4 nitrogen and oxygen atoms in total. The normalized spacial score (nSPS) is 11.7. The molecular weight excluding hydrogens is 370 g/mol. The van der Waals surface area contributed by atoms with Crippen molar-refractivity contribution in [1.29, 1.82) is 0 Å². The van der Waals surface area contributed by atoms with E-state index in [1.165, 1.54) is 0 Å². The first-order valence-electron chi connectivity index (χ1n) is 9.94. The van der Waals surface area contributed by atoms with Crippen molar-refractivity contribution >= 4 is 11.6 Å². The van der Waals surface area contributed by atoms with E-state index in [4.69, 9.17) is 0 Å². The first-order chi connectivity index (χ1) is 14.6. The SMILES string of the molecule is Cc1cc(-c2ccc(NC(=O)C(C)c3cccc(-c4ccncc4)c3)cc2)ccn1. The van der Waals surface area contributed by atoms with Gasteiger partial charge in [-0.05, 0) is 78.1 Å². The molecule has 0 saturated carbocycles. The number of aromatic nitrogens is 2. The number of pyridine rings is 2. The molecule has 0 aliphatic carbocycles. The van der Waals surface area contributed by atoms with Gasteiger partial charge in [0.15, 0.2) is 0 Å². The topological polar surface area (TPSA) is 54.9 Å². The first-order valence-corrected chi connectivity index (χ1v) is 9.94. The summed E-state index contributed by atoms with van der Waals surface area (Å²) >= 11 is 0. The van der Waals surface area contributed by atoms with Crippen LogP contribution in [0.5, 0.6) is 0 Å². The van der Waals surface area contributed by atoms with Crippen LogP contribution in [0.3, 0.4) is 0 Å². The number of carbonyl (C=O) groups is 1. The Labute approximate surface area is 176 Å². The fraction of sp³-hybridized carbons (Fsp3) is 0.115. The molecule has 4 heteroatoms. The number of nitrogens with one attached hydrogen (secondary N) is 1. The molecule has 0 radical (unpaired) electrons. The average molecular weight is 393 g/mol. The zero-order chi connectivity index (χ0) is 20.9. The van der Waals surface area contributed by atoms with Crippen molar-refractivity contribution in [2.75, 3.05) is 5.32 Å². The van der Waals surface area contributed by atoms with Crippen LogP contribution in [0.25, 0.3) is 22.3 Å². The number of amides is 1. The second-order valence-electron chi connectivity index (χ2n) is 7.34. The lowest BCUT2D eigenvalue weighted by Gasteiger charge is -2.14. The van der Waals surface area contributed by atoms with Gasteiger partial charge in [-0.2, -0.15) is 0 Å². The minimum Gasteiger partial charge on any atom is -0.326 e. The number of hydrogen-bond acceptors (Lipinski definition) is 3. The van der Waals surface area contributed by atoms with Crippen LogP contribution in [0.1, 0.15) is 24.1 Å². The number of carbonyl (C=O) groups excluding carboxylic acids is 1. The molecule has 0 saturated heterocycles. The highest BCUT2D eigenvalue weighted by atomic mass is 16.1. The Morgan fingerprint density at radius 2 is 1.47 bits per heavy atom. The molecule has 4 aromatic rings. The monoisotopic (exact) mass is 393 g/mol. The Hall–Kier alpha value is -3.79. The molecule has 0 fully saturated rings. The number of hydrogen-bond donors (Lipinski definition) is 1. The van der Waals surface area contributed by atoms with E-state index in [1.54, 1.807) is 12.4 Å². The zero-order valence-electron chi connectivity index (χ0n) is 17.0. The fourth-order valence-electron chi connectivity index (χ4n) is 3.40. The van der Waals surface area contributed by atoms with Gasteiger partial charge in [-0.15, -0.1) is 0 Å². The lowest BCUT2D eigenvalue weighted by Crippen LogP contribution is -2.18. The summed E-state index contributed by atoms with van der Waals surface area (Å²) in [6, 6.07) is 23.9. The first kappa shape index (κ1) is 19.5. The van der Waals surface area contributed by atoms with Crippen LogP contribution in [0.2, 0.25) is 0 Å². The molecule has 0 aliphatic rings. The van der Waals surface area contributed by atoms with Gasteiger partial charge in [0.1, 0.15) is 0 Å². The predicted octanol–water partition coefficient (Wildman–Crippen LogP) is 5.86. The molecule has 148 valence electrons. The van der Waals surface area contributed by atoms with Crippen molar-refractivity contribution in [3.05, 3.63) is 103 Å². The highest BCUT2D eigenvalue weighted by Gasteiger charge is 2.16. The number of aryl methyl sites for hydroxylation is 1. The molecule has 1 unspecified atom stereocenters. The van der Waals surface area contributed by atoms with Crippen molar-refractivity contribution in [3.8, 4) is 22.3 Å². The molecule has 2 aromatic carbocycles. The minimum atomic E-state index is -0.269. The van der Waals surface area contributed by atoms with Crippen LogP contribution in [-0.2, 0) is 4.79 Å². The molecule has 30 heavy (non-hydrogen) atoms. The van der Waals surface area contributed by atoms with Crippen LogP contribution in [0.15, 0.2) is 91.4 Å². The summed E-state index contributed by atoms with van der Waals surface area (Å²) in [4.78, 5) is 21.1. The molecule has 0 bridgehead atoms. The van der Waals surface area contributed by atoms with Crippen molar-refractivity contribution in [2.24, 2.45) is 0 Å². The summed E-state index contributed by atoms with van der Waals surface area (Å²) in [7, 11) is 0.